The zero-order valence-electron chi connectivity index (χ0n) is 10.2. The van der Waals surface area contributed by atoms with Crippen molar-refractivity contribution in [1.29, 1.82) is 0 Å². The quantitative estimate of drug-likeness (QED) is 0.838. The molecule has 18 heavy (non-hydrogen) atoms. The van der Waals surface area contributed by atoms with Gasteiger partial charge in [0.1, 0.15) is 5.76 Å². The summed E-state index contributed by atoms with van der Waals surface area (Å²) in [6.45, 7) is 1.99. The number of thioether (sulfide) groups is 1. The zero-order valence-corrected chi connectivity index (χ0v) is 11.8. The molecular weight excluding hydrogens is 266 g/mol. The minimum Gasteiger partial charge on any atom is -0.468 e. The molecule has 2 N–H and O–H groups in total. The van der Waals surface area contributed by atoms with E-state index in [1.54, 1.807) is 18.0 Å². The Kier molecular flexibility index (Phi) is 4.75. The predicted octanol–water partition coefficient (Wildman–Crippen LogP) is 4.12. The van der Waals surface area contributed by atoms with Crippen LogP contribution < -0.4 is 5.73 Å². The molecule has 1 aromatic carbocycles. The third-order valence-electron chi connectivity index (χ3n) is 2.55. The fraction of sp³-hybridized carbons (Fsp3) is 0.286. The third-order valence-corrected chi connectivity index (χ3v) is 4.03. The first-order valence-corrected chi connectivity index (χ1v) is 7.21. The monoisotopic (exact) mass is 281 g/mol. The van der Waals surface area contributed by atoms with Gasteiger partial charge in [-0.1, -0.05) is 17.7 Å². The topological polar surface area (TPSA) is 39.2 Å². The van der Waals surface area contributed by atoms with Crippen LogP contribution in [0.2, 0.25) is 5.02 Å². The van der Waals surface area contributed by atoms with Crippen LogP contribution in [0, 0.1) is 0 Å². The summed E-state index contributed by atoms with van der Waals surface area (Å²) in [5, 5.41) is 0.789. The molecule has 1 unspecified atom stereocenters. The van der Waals surface area contributed by atoms with Gasteiger partial charge in [0.2, 0.25) is 0 Å². The lowest BCUT2D eigenvalue weighted by molar-refractivity contribution is 0.530. The number of hydrogen-bond acceptors (Lipinski definition) is 3. The summed E-state index contributed by atoms with van der Waals surface area (Å²) in [6.07, 6.45) is 2.48. The minimum atomic E-state index is 0.105. The predicted molar refractivity (Wildman–Crippen MR) is 77.1 cm³/mol. The van der Waals surface area contributed by atoms with Gasteiger partial charge in [-0.05, 0) is 43.2 Å². The molecule has 0 aliphatic rings. The van der Waals surface area contributed by atoms with E-state index in [1.807, 2.05) is 31.2 Å². The maximum absolute atomic E-state index is 6.24. The normalized spacial score (nSPS) is 12.6. The highest BCUT2D eigenvalue weighted by Gasteiger charge is 2.10. The van der Waals surface area contributed by atoms with E-state index < -0.39 is 0 Å². The van der Waals surface area contributed by atoms with Crippen molar-refractivity contribution in [1.82, 2.24) is 0 Å². The lowest BCUT2D eigenvalue weighted by atomic mass is 10.1. The molecule has 96 valence electrons. The minimum absolute atomic E-state index is 0.105. The Labute approximate surface area is 117 Å². The summed E-state index contributed by atoms with van der Waals surface area (Å²) in [5.74, 6) is 1.77. The molecule has 0 fully saturated rings. The van der Waals surface area contributed by atoms with E-state index in [2.05, 4.69) is 6.07 Å². The molecule has 0 amide bonds. The van der Waals surface area contributed by atoms with Crippen molar-refractivity contribution in [3.05, 3.63) is 52.9 Å². The van der Waals surface area contributed by atoms with Gasteiger partial charge in [0, 0.05) is 16.0 Å². The number of halogens is 1. The number of nitrogens with two attached hydrogens (primary N) is 1. The highest BCUT2D eigenvalue weighted by atomic mass is 35.5. The largest absolute Gasteiger partial charge is 0.468 e. The van der Waals surface area contributed by atoms with E-state index in [-0.39, 0.29) is 6.04 Å². The molecule has 1 aromatic heterocycles. The van der Waals surface area contributed by atoms with Crippen LogP contribution in [0.25, 0.3) is 0 Å². The molecular formula is C14H16ClNOS. The average Bonchev–Trinajstić information content (AvgIpc) is 2.82. The van der Waals surface area contributed by atoms with Gasteiger partial charge < -0.3 is 10.2 Å². The summed E-state index contributed by atoms with van der Waals surface area (Å²) < 4.78 is 5.33. The number of rotatable bonds is 5. The van der Waals surface area contributed by atoms with E-state index >= 15 is 0 Å². The van der Waals surface area contributed by atoms with Crippen LogP contribution in [0.1, 0.15) is 18.2 Å². The van der Waals surface area contributed by atoms with E-state index in [0.717, 1.165) is 28.5 Å². The Bertz CT molecular complexity index is 497. The van der Waals surface area contributed by atoms with Crippen LogP contribution in [-0.4, -0.2) is 6.04 Å². The molecule has 0 saturated carbocycles. The van der Waals surface area contributed by atoms with Gasteiger partial charge in [0.15, 0.2) is 0 Å². The van der Waals surface area contributed by atoms with Crippen LogP contribution in [0.15, 0.2) is 45.9 Å². The Morgan fingerprint density at radius 3 is 2.83 bits per heavy atom. The second kappa shape index (κ2) is 6.32. The fourth-order valence-electron chi connectivity index (χ4n) is 1.74. The highest BCUT2D eigenvalue weighted by molar-refractivity contribution is 7.98. The van der Waals surface area contributed by atoms with Crippen molar-refractivity contribution in [2.24, 2.45) is 5.73 Å². The standard InChI is InChI=1S/C14H16ClNOS/c1-10(16)8-12-13(15)5-2-6-14(12)18-9-11-4-3-7-17-11/h2-7,10H,8-9,16H2,1H3. The van der Waals surface area contributed by atoms with Crippen LogP contribution in [0.5, 0.6) is 0 Å². The summed E-state index contributed by atoms with van der Waals surface area (Å²) in [7, 11) is 0. The number of furan rings is 1. The molecule has 0 bridgehead atoms. The van der Waals surface area contributed by atoms with Crippen molar-refractivity contribution in [2.45, 2.75) is 30.0 Å². The molecule has 2 nitrogen and oxygen atoms in total. The van der Waals surface area contributed by atoms with Crippen molar-refractivity contribution >= 4 is 23.4 Å². The van der Waals surface area contributed by atoms with Gasteiger partial charge in [0.25, 0.3) is 0 Å². The van der Waals surface area contributed by atoms with Gasteiger partial charge >= 0.3 is 0 Å². The van der Waals surface area contributed by atoms with Crippen molar-refractivity contribution < 1.29 is 4.42 Å². The molecule has 1 atom stereocenters. The first-order chi connectivity index (χ1) is 8.66. The fourth-order valence-corrected chi connectivity index (χ4v) is 3.05. The molecule has 0 saturated heterocycles. The Morgan fingerprint density at radius 2 is 2.17 bits per heavy atom. The van der Waals surface area contributed by atoms with E-state index in [4.69, 9.17) is 21.8 Å². The van der Waals surface area contributed by atoms with Gasteiger partial charge in [-0.15, -0.1) is 11.8 Å². The maximum Gasteiger partial charge on any atom is 0.113 e. The summed E-state index contributed by atoms with van der Waals surface area (Å²) >= 11 is 7.97. The SMILES string of the molecule is CC(N)Cc1c(Cl)cccc1SCc1ccco1. The first-order valence-electron chi connectivity index (χ1n) is 5.85. The maximum atomic E-state index is 6.24. The van der Waals surface area contributed by atoms with Gasteiger partial charge in [-0.25, -0.2) is 0 Å². The molecule has 2 rings (SSSR count). The van der Waals surface area contributed by atoms with Crippen LogP contribution in [-0.2, 0) is 12.2 Å². The van der Waals surface area contributed by atoms with Crippen LogP contribution in [0.4, 0.5) is 0 Å². The van der Waals surface area contributed by atoms with Gasteiger partial charge in [0.05, 0.1) is 12.0 Å². The average molecular weight is 282 g/mol. The second-order valence-electron chi connectivity index (χ2n) is 4.27. The van der Waals surface area contributed by atoms with E-state index in [1.165, 1.54) is 4.90 Å². The molecule has 0 aliphatic heterocycles. The van der Waals surface area contributed by atoms with Crippen molar-refractivity contribution in [2.75, 3.05) is 0 Å². The Balaban J connectivity index is 2.13. The molecule has 4 heteroatoms. The molecule has 0 spiro atoms. The van der Waals surface area contributed by atoms with Crippen LogP contribution in [0.3, 0.4) is 0 Å². The lowest BCUT2D eigenvalue weighted by Crippen LogP contribution is -2.18. The Hall–Kier alpha value is -0.900. The lowest BCUT2D eigenvalue weighted by Gasteiger charge is -2.12. The van der Waals surface area contributed by atoms with Crippen molar-refractivity contribution in [3.8, 4) is 0 Å². The van der Waals surface area contributed by atoms with E-state index in [0.29, 0.717) is 0 Å². The van der Waals surface area contributed by atoms with Gasteiger partial charge in [-0.2, -0.15) is 0 Å². The number of hydrogen-bond donors (Lipinski definition) is 1. The summed E-state index contributed by atoms with van der Waals surface area (Å²) in [4.78, 5) is 1.18. The highest BCUT2D eigenvalue weighted by Crippen LogP contribution is 2.31. The second-order valence-corrected chi connectivity index (χ2v) is 5.69. The van der Waals surface area contributed by atoms with Crippen molar-refractivity contribution in [3.63, 3.8) is 0 Å². The smallest absolute Gasteiger partial charge is 0.113 e. The summed E-state index contributed by atoms with van der Waals surface area (Å²) in [5.41, 5.74) is 7.00. The summed E-state index contributed by atoms with van der Waals surface area (Å²) in [6, 6.07) is 9.94. The number of benzene rings is 1. The Morgan fingerprint density at radius 1 is 1.33 bits per heavy atom. The molecule has 0 radical (unpaired) electrons. The molecule has 1 heterocycles. The zero-order chi connectivity index (χ0) is 13.0. The third kappa shape index (κ3) is 3.55. The van der Waals surface area contributed by atoms with Gasteiger partial charge in [-0.3, -0.25) is 0 Å². The van der Waals surface area contributed by atoms with Crippen LogP contribution >= 0.6 is 23.4 Å². The molecule has 0 aliphatic carbocycles. The van der Waals surface area contributed by atoms with E-state index in [9.17, 15) is 0 Å². The molecule has 2 aromatic rings. The first kappa shape index (κ1) is 13.5.